The number of urea groups is 1. The first-order valence-corrected chi connectivity index (χ1v) is 7.67. The maximum absolute atomic E-state index is 12.9. The lowest BCUT2D eigenvalue weighted by atomic mass is 9.88. The molecule has 2 aromatic carbocycles. The van der Waals surface area contributed by atoms with Gasteiger partial charge in [0.25, 0.3) is 5.91 Å². The summed E-state index contributed by atoms with van der Waals surface area (Å²) >= 11 is 0. The highest BCUT2D eigenvalue weighted by Crippen LogP contribution is 2.31. The second kappa shape index (κ2) is 5.54. The molecule has 0 radical (unpaired) electrons. The number of benzene rings is 2. The summed E-state index contributed by atoms with van der Waals surface area (Å²) in [4.78, 5) is 26.6. The van der Waals surface area contributed by atoms with Crippen molar-refractivity contribution in [2.45, 2.75) is 32.9 Å². The van der Waals surface area contributed by atoms with E-state index in [-0.39, 0.29) is 18.5 Å². The van der Waals surface area contributed by atoms with Crippen molar-refractivity contribution in [3.8, 4) is 0 Å². The molecule has 1 heterocycles. The topological polar surface area (TPSA) is 49.4 Å². The number of hydrogen-bond acceptors (Lipinski definition) is 2. The number of nitrogens with one attached hydrogen (secondary N) is 1. The SMILES string of the molecule is Cc1cccc(CN2C(=O)NC(C)(c3ccccc3C)C2=O)c1. The molecular weight excluding hydrogens is 288 g/mol. The van der Waals surface area contributed by atoms with E-state index in [4.69, 9.17) is 0 Å². The highest BCUT2D eigenvalue weighted by Gasteiger charge is 2.49. The molecule has 1 atom stereocenters. The molecule has 0 saturated carbocycles. The molecule has 3 amide bonds. The van der Waals surface area contributed by atoms with E-state index in [9.17, 15) is 9.59 Å². The van der Waals surface area contributed by atoms with Crippen LogP contribution in [0.3, 0.4) is 0 Å². The van der Waals surface area contributed by atoms with Crippen molar-refractivity contribution in [3.05, 3.63) is 70.8 Å². The van der Waals surface area contributed by atoms with Crippen molar-refractivity contribution in [3.63, 3.8) is 0 Å². The molecule has 23 heavy (non-hydrogen) atoms. The standard InChI is InChI=1S/C19H20N2O2/c1-13-7-6-9-15(11-13)12-21-17(22)19(3,20-18(21)23)16-10-5-4-8-14(16)2/h4-11H,12H2,1-3H3,(H,20,23). The van der Waals surface area contributed by atoms with Crippen LogP contribution in [-0.2, 0) is 16.9 Å². The van der Waals surface area contributed by atoms with E-state index in [1.54, 1.807) is 6.92 Å². The van der Waals surface area contributed by atoms with Crippen molar-refractivity contribution in [2.75, 3.05) is 0 Å². The van der Waals surface area contributed by atoms with Gasteiger partial charge in [-0.25, -0.2) is 4.79 Å². The molecule has 4 heteroatoms. The summed E-state index contributed by atoms with van der Waals surface area (Å²) in [6.07, 6.45) is 0. The molecule has 1 unspecified atom stereocenters. The Kier molecular flexibility index (Phi) is 3.68. The maximum atomic E-state index is 12.9. The fourth-order valence-corrected chi connectivity index (χ4v) is 3.15. The third kappa shape index (κ3) is 2.61. The van der Waals surface area contributed by atoms with Crippen LogP contribution in [0, 0.1) is 13.8 Å². The summed E-state index contributed by atoms with van der Waals surface area (Å²) < 4.78 is 0. The van der Waals surface area contributed by atoms with Gasteiger partial charge in [-0.2, -0.15) is 0 Å². The Morgan fingerprint density at radius 2 is 1.78 bits per heavy atom. The molecule has 1 saturated heterocycles. The molecule has 4 nitrogen and oxygen atoms in total. The third-order valence-electron chi connectivity index (χ3n) is 4.38. The van der Waals surface area contributed by atoms with Gasteiger partial charge in [0.2, 0.25) is 0 Å². The highest BCUT2D eigenvalue weighted by atomic mass is 16.2. The van der Waals surface area contributed by atoms with Crippen LogP contribution in [0.15, 0.2) is 48.5 Å². The van der Waals surface area contributed by atoms with E-state index in [1.807, 2.05) is 62.4 Å². The van der Waals surface area contributed by atoms with Crippen molar-refractivity contribution in [2.24, 2.45) is 0 Å². The second-order valence-electron chi connectivity index (χ2n) is 6.25. The van der Waals surface area contributed by atoms with E-state index < -0.39 is 5.54 Å². The first-order valence-electron chi connectivity index (χ1n) is 7.67. The molecule has 1 fully saturated rings. The van der Waals surface area contributed by atoms with Gasteiger partial charge in [-0.1, -0.05) is 54.1 Å². The average molecular weight is 308 g/mol. The summed E-state index contributed by atoms with van der Waals surface area (Å²) in [5.41, 5.74) is 2.87. The van der Waals surface area contributed by atoms with Crippen LogP contribution in [0.2, 0.25) is 0 Å². The van der Waals surface area contributed by atoms with Crippen molar-refractivity contribution < 1.29 is 9.59 Å². The molecular formula is C19H20N2O2. The van der Waals surface area contributed by atoms with Gasteiger partial charge < -0.3 is 5.32 Å². The summed E-state index contributed by atoms with van der Waals surface area (Å²) in [6, 6.07) is 15.1. The van der Waals surface area contributed by atoms with E-state index >= 15 is 0 Å². The minimum atomic E-state index is -1.01. The zero-order valence-corrected chi connectivity index (χ0v) is 13.6. The average Bonchev–Trinajstić information content (AvgIpc) is 2.72. The Labute approximate surface area is 136 Å². The van der Waals surface area contributed by atoms with Crippen LogP contribution >= 0.6 is 0 Å². The fraction of sp³-hybridized carbons (Fsp3) is 0.263. The predicted octanol–water partition coefficient (Wildman–Crippen LogP) is 3.27. The number of carbonyl (C=O) groups is 2. The third-order valence-corrected chi connectivity index (χ3v) is 4.38. The zero-order valence-electron chi connectivity index (χ0n) is 13.6. The summed E-state index contributed by atoms with van der Waals surface area (Å²) in [7, 11) is 0. The summed E-state index contributed by atoms with van der Waals surface area (Å²) in [6.45, 7) is 6.00. The summed E-state index contributed by atoms with van der Waals surface area (Å²) in [5, 5.41) is 2.86. The minimum absolute atomic E-state index is 0.210. The smallest absolute Gasteiger partial charge is 0.319 e. The largest absolute Gasteiger partial charge is 0.325 e. The molecule has 0 aromatic heterocycles. The fourth-order valence-electron chi connectivity index (χ4n) is 3.15. The Bertz CT molecular complexity index is 784. The van der Waals surface area contributed by atoms with E-state index in [1.165, 1.54) is 4.90 Å². The van der Waals surface area contributed by atoms with Gasteiger partial charge in [0.05, 0.1) is 6.54 Å². The van der Waals surface area contributed by atoms with Crippen molar-refractivity contribution >= 4 is 11.9 Å². The van der Waals surface area contributed by atoms with Gasteiger partial charge in [0.1, 0.15) is 5.54 Å². The number of imide groups is 1. The van der Waals surface area contributed by atoms with Crippen LogP contribution in [-0.4, -0.2) is 16.8 Å². The molecule has 0 bridgehead atoms. The van der Waals surface area contributed by atoms with Gasteiger partial charge in [-0.05, 0) is 37.5 Å². The number of aryl methyl sites for hydroxylation is 2. The first-order chi connectivity index (χ1) is 10.9. The van der Waals surface area contributed by atoms with Crippen LogP contribution in [0.25, 0.3) is 0 Å². The van der Waals surface area contributed by atoms with Crippen molar-refractivity contribution in [1.82, 2.24) is 10.2 Å². The van der Waals surface area contributed by atoms with E-state index in [0.29, 0.717) is 0 Å². The molecule has 1 aliphatic heterocycles. The van der Waals surface area contributed by atoms with Gasteiger partial charge in [0.15, 0.2) is 0 Å². The Hall–Kier alpha value is -2.62. The Morgan fingerprint density at radius 1 is 1.04 bits per heavy atom. The lowest BCUT2D eigenvalue weighted by molar-refractivity contribution is -0.131. The minimum Gasteiger partial charge on any atom is -0.319 e. The normalized spacial score (nSPS) is 20.7. The van der Waals surface area contributed by atoms with Crippen LogP contribution in [0.4, 0.5) is 4.79 Å². The molecule has 0 aliphatic carbocycles. The molecule has 1 N–H and O–H groups in total. The van der Waals surface area contributed by atoms with E-state index in [0.717, 1.165) is 22.3 Å². The Morgan fingerprint density at radius 3 is 2.48 bits per heavy atom. The predicted molar refractivity (Wildman–Crippen MR) is 88.8 cm³/mol. The number of carbonyl (C=O) groups excluding carboxylic acids is 2. The van der Waals surface area contributed by atoms with E-state index in [2.05, 4.69) is 5.32 Å². The first kappa shape index (κ1) is 15.3. The lowest BCUT2D eigenvalue weighted by Gasteiger charge is -2.24. The second-order valence-corrected chi connectivity index (χ2v) is 6.25. The van der Waals surface area contributed by atoms with Gasteiger partial charge in [-0.15, -0.1) is 0 Å². The molecule has 3 rings (SSSR count). The number of amides is 3. The molecule has 2 aromatic rings. The lowest BCUT2D eigenvalue weighted by Crippen LogP contribution is -2.41. The number of rotatable bonds is 3. The van der Waals surface area contributed by atoms with Crippen LogP contribution < -0.4 is 5.32 Å². The van der Waals surface area contributed by atoms with Crippen molar-refractivity contribution in [1.29, 1.82) is 0 Å². The number of hydrogen-bond donors (Lipinski definition) is 1. The number of nitrogens with zero attached hydrogens (tertiary/aromatic N) is 1. The zero-order chi connectivity index (χ0) is 16.6. The van der Waals surface area contributed by atoms with Gasteiger partial charge in [0, 0.05) is 0 Å². The quantitative estimate of drug-likeness (QED) is 0.885. The monoisotopic (exact) mass is 308 g/mol. The Balaban J connectivity index is 1.92. The van der Waals surface area contributed by atoms with Gasteiger partial charge in [-0.3, -0.25) is 9.69 Å². The highest BCUT2D eigenvalue weighted by molar-refractivity contribution is 6.07. The van der Waals surface area contributed by atoms with Crippen LogP contribution in [0.5, 0.6) is 0 Å². The maximum Gasteiger partial charge on any atom is 0.325 e. The summed E-state index contributed by atoms with van der Waals surface area (Å²) in [5.74, 6) is -0.210. The molecule has 1 aliphatic rings. The molecule has 118 valence electrons. The van der Waals surface area contributed by atoms with Crippen LogP contribution in [0.1, 0.15) is 29.2 Å². The molecule has 0 spiro atoms. The van der Waals surface area contributed by atoms with Gasteiger partial charge >= 0.3 is 6.03 Å².